The summed E-state index contributed by atoms with van der Waals surface area (Å²) in [6.07, 6.45) is 3.47. The van der Waals surface area contributed by atoms with Gasteiger partial charge in [0.05, 0.1) is 40.5 Å². The first-order valence-electron chi connectivity index (χ1n) is 11.7. The maximum Gasteiger partial charge on any atom is 0.295 e. The lowest BCUT2D eigenvalue weighted by Gasteiger charge is -2.28. The van der Waals surface area contributed by atoms with Crippen LogP contribution in [0.1, 0.15) is 29.7 Å². The molecule has 0 spiro atoms. The predicted octanol–water partition coefficient (Wildman–Crippen LogP) is 2.35. The van der Waals surface area contributed by atoms with Crippen LogP contribution in [0.4, 0.5) is 0 Å². The summed E-state index contributed by atoms with van der Waals surface area (Å²) in [5, 5.41) is 13.7. The lowest BCUT2D eigenvalue weighted by atomic mass is 9.94. The lowest BCUT2D eigenvalue weighted by Crippen LogP contribution is -2.29. The first-order chi connectivity index (χ1) is 17.9. The van der Waals surface area contributed by atoms with Crippen molar-refractivity contribution in [3.05, 3.63) is 83.2 Å². The van der Waals surface area contributed by atoms with Crippen molar-refractivity contribution in [1.29, 1.82) is 0 Å². The molecule has 1 aromatic heterocycles. The van der Waals surface area contributed by atoms with Crippen LogP contribution in [0.5, 0.6) is 23.0 Å². The van der Waals surface area contributed by atoms with Gasteiger partial charge in [-0.25, -0.2) is 4.98 Å². The number of likely N-dealkylation sites (tertiary alicyclic amines) is 1. The summed E-state index contributed by atoms with van der Waals surface area (Å²) in [4.78, 5) is 31.0. The van der Waals surface area contributed by atoms with Crippen LogP contribution in [-0.2, 0) is 16.1 Å². The molecule has 1 aliphatic rings. The Kier molecular flexibility index (Phi) is 7.62. The summed E-state index contributed by atoms with van der Waals surface area (Å²) in [5.41, 5.74) is 1.36. The maximum atomic E-state index is 13.7. The van der Waals surface area contributed by atoms with Crippen molar-refractivity contribution in [1.82, 2.24) is 4.90 Å². The lowest BCUT2D eigenvalue weighted by molar-refractivity contribution is -0.378. The zero-order chi connectivity index (χ0) is 26.5. The third-order valence-corrected chi connectivity index (χ3v) is 6.08. The number of hydrogen-bond donors (Lipinski definition) is 0. The Morgan fingerprint density at radius 3 is 2.22 bits per heavy atom. The molecule has 2 heterocycles. The van der Waals surface area contributed by atoms with Crippen LogP contribution in [0.2, 0.25) is 0 Å². The van der Waals surface area contributed by atoms with E-state index in [0.717, 1.165) is 5.56 Å². The summed E-state index contributed by atoms with van der Waals surface area (Å²) < 4.78 is 21.9. The number of ether oxygens (including phenoxy) is 4. The monoisotopic (exact) mass is 504 g/mol. The van der Waals surface area contributed by atoms with E-state index in [1.54, 1.807) is 54.9 Å². The summed E-state index contributed by atoms with van der Waals surface area (Å²) in [7, 11) is 4.42. The Labute approximate surface area is 214 Å². The van der Waals surface area contributed by atoms with Crippen molar-refractivity contribution in [3.63, 3.8) is 0 Å². The molecule has 1 fully saturated rings. The van der Waals surface area contributed by atoms with E-state index in [-0.39, 0.29) is 17.7 Å². The van der Waals surface area contributed by atoms with Crippen molar-refractivity contribution in [3.8, 4) is 23.0 Å². The van der Waals surface area contributed by atoms with Crippen molar-refractivity contribution < 1.29 is 38.6 Å². The third-order valence-electron chi connectivity index (χ3n) is 6.08. The van der Waals surface area contributed by atoms with Gasteiger partial charge in [0.1, 0.15) is 5.75 Å². The van der Waals surface area contributed by atoms with E-state index in [9.17, 15) is 14.7 Å². The number of nitrogens with zero attached hydrogens (tertiary/aromatic N) is 1. The molecule has 4 rings (SSSR count). The molecule has 1 atom stereocenters. The second-order valence-corrected chi connectivity index (χ2v) is 8.24. The molecule has 37 heavy (non-hydrogen) atoms. The fourth-order valence-electron chi connectivity index (χ4n) is 4.39. The number of nitrogens with one attached hydrogen (secondary N) is 1. The average Bonchev–Trinajstić information content (AvgIpc) is 3.17. The molecule has 3 aromatic rings. The van der Waals surface area contributed by atoms with Gasteiger partial charge in [-0.3, -0.25) is 9.59 Å². The zero-order valence-corrected chi connectivity index (χ0v) is 21.1. The van der Waals surface area contributed by atoms with Crippen molar-refractivity contribution in [2.75, 3.05) is 27.9 Å². The predicted molar refractivity (Wildman–Crippen MR) is 132 cm³/mol. The number of hydrogen-bond acceptors (Lipinski definition) is 7. The Hall–Kier alpha value is -4.53. The quantitative estimate of drug-likeness (QED) is 0.250. The van der Waals surface area contributed by atoms with Crippen LogP contribution in [-0.4, -0.2) is 44.5 Å². The molecule has 1 saturated heterocycles. The van der Waals surface area contributed by atoms with Gasteiger partial charge in [-0.1, -0.05) is 17.9 Å². The standard InChI is InChI=1S/C28H28N2O7/c1-5-37-20-10-8-18(9-11-20)25(31)23-24(19-13-21(34-2)27(36-4)22(14-19)35-3)30(28(33)26(23)32)16-17-7-6-12-29-15-17/h6-15,24,31H,5,16H2,1-4H3. The molecule has 2 aromatic carbocycles. The Balaban J connectivity index is 1.91. The number of carbonyl (C=O) groups is 2. The maximum absolute atomic E-state index is 13.7. The fraction of sp³-hybridized carbons (Fsp3) is 0.250. The van der Waals surface area contributed by atoms with E-state index in [4.69, 9.17) is 18.9 Å². The Morgan fingerprint density at radius 2 is 1.68 bits per heavy atom. The molecule has 192 valence electrons. The van der Waals surface area contributed by atoms with Gasteiger partial charge in [-0.15, -0.1) is 0 Å². The van der Waals surface area contributed by atoms with E-state index >= 15 is 0 Å². The molecule has 1 N–H and O–H groups in total. The van der Waals surface area contributed by atoms with Crippen LogP contribution in [0.3, 0.4) is 0 Å². The third kappa shape index (κ3) is 4.93. The summed E-state index contributed by atoms with van der Waals surface area (Å²) in [6, 6.07) is 12.4. The number of rotatable bonds is 9. The molecular weight excluding hydrogens is 476 g/mol. The van der Waals surface area contributed by atoms with Crippen LogP contribution in [0, 0.1) is 0 Å². The van der Waals surface area contributed by atoms with E-state index in [0.29, 0.717) is 35.2 Å². The Bertz CT molecular complexity index is 1300. The molecule has 9 heteroatoms. The molecule has 0 aliphatic carbocycles. The number of benzene rings is 2. The van der Waals surface area contributed by atoms with Gasteiger partial charge in [-0.2, -0.15) is 0 Å². The molecular formula is C28H28N2O7. The number of pyridine rings is 1. The van der Waals surface area contributed by atoms with Gasteiger partial charge in [0.15, 0.2) is 23.9 Å². The number of methoxy groups -OCH3 is 3. The smallest absolute Gasteiger partial charge is 0.295 e. The molecule has 1 amide bonds. The van der Waals surface area contributed by atoms with Crippen molar-refractivity contribution in [2.24, 2.45) is 0 Å². The summed E-state index contributed by atoms with van der Waals surface area (Å²) in [6.45, 7) is 2.44. The first kappa shape index (κ1) is 25.6. The van der Waals surface area contributed by atoms with E-state index < -0.39 is 23.5 Å². The number of Topliss-reactive ketones (excluding diaryl/α,β-unsaturated/α-hetero) is 1. The summed E-state index contributed by atoms with van der Waals surface area (Å²) >= 11 is 0. The number of aromatic amines is 1. The van der Waals surface area contributed by atoms with E-state index in [1.165, 1.54) is 26.2 Å². The largest absolute Gasteiger partial charge is 0.872 e. The van der Waals surface area contributed by atoms with Crippen LogP contribution in [0.25, 0.3) is 5.76 Å². The molecule has 9 nitrogen and oxygen atoms in total. The zero-order valence-electron chi connectivity index (χ0n) is 21.1. The highest BCUT2D eigenvalue weighted by Gasteiger charge is 2.45. The summed E-state index contributed by atoms with van der Waals surface area (Å²) in [5.74, 6) is -0.528. The minimum absolute atomic E-state index is 0.100. The van der Waals surface area contributed by atoms with Gasteiger partial charge in [0.2, 0.25) is 11.5 Å². The normalized spacial score (nSPS) is 16.5. The molecule has 0 radical (unpaired) electrons. The van der Waals surface area contributed by atoms with Gasteiger partial charge in [-0.05, 0) is 48.4 Å². The highest BCUT2D eigenvalue weighted by molar-refractivity contribution is 6.46. The topological polar surface area (TPSA) is 112 Å². The highest BCUT2D eigenvalue weighted by atomic mass is 16.5. The van der Waals surface area contributed by atoms with Crippen molar-refractivity contribution >= 4 is 17.4 Å². The number of amides is 1. The van der Waals surface area contributed by atoms with Gasteiger partial charge in [0, 0.05) is 17.2 Å². The second kappa shape index (κ2) is 11.0. The molecule has 1 aliphatic heterocycles. The van der Waals surface area contributed by atoms with Gasteiger partial charge in [0.25, 0.3) is 5.91 Å². The number of H-pyrrole nitrogens is 1. The fourth-order valence-corrected chi connectivity index (χ4v) is 4.39. The molecule has 0 bridgehead atoms. The highest BCUT2D eigenvalue weighted by Crippen LogP contribution is 2.45. The second-order valence-electron chi connectivity index (χ2n) is 8.24. The van der Waals surface area contributed by atoms with Crippen LogP contribution >= 0.6 is 0 Å². The van der Waals surface area contributed by atoms with Crippen molar-refractivity contribution in [2.45, 2.75) is 19.5 Å². The Morgan fingerprint density at radius 1 is 1.00 bits per heavy atom. The van der Waals surface area contributed by atoms with Gasteiger partial charge >= 0.3 is 0 Å². The average molecular weight is 505 g/mol. The number of aromatic nitrogens is 1. The van der Waals surface area contributed by atoms with Crippen LogP contribution < -0.4 is 29.0 Å². The van der Waals surface area contributed by atoms with E-state index in [1.807, 2.05) is 13.0 Å². The minimum atomic E-state index is -0.979. The minimum Gasteiger partial charge on any atom is -0.872 e. The van der Waals surface area contributed by atoms with Crippen LogP contribution in [0.15, 0.2) is 66.5 Å². The first-order valence-corrected chi connectivity index (χ1v) is 11.7. The number of ketones is 1. The van der Waals surface area contributed by atoms with E-state index in [2.05, 4.69) is 4.98 Å². The molecule has 0 saturated carbocycles. The molecule has 1 unspecified atom stereocenters. The van der Waals surface area contributed by atoms with Gasteiger partial charge < -0.3 is 29.0 Å². The SMILES string of the molecule is CCOc1ccc(C([O-])=C2C(=O)C(=O)N(Cc3ccc[nH+]c3)C2c2cc(OC)c(OC)c(OC)c2)cc1. The number of carbonyl (C=O) groups excluding carboxylic acids is 2.